The molecule has 3 rings (SSSR count). The van der Waals surface area contributed by atoms with Gasteiger partial charge in [0.15, 0.2) is 0 Å². The van der Waals surface area contributed by atoms with Gasteiger partial charge in [-0.2, -0.15) is 0 Å². The molecule has 0 bridgehead atoms. The largest absolute Gasteiger partial charge is 0.399 e. The zero-order chi connectivity index (χ0) is 14.7. The number of hydrogen-bond acceptors (Lipinski definition) is 3. The Balaban J connectivity index is 1.59. The van der Waals surface area contributed by atoms with Gasteiger partial charge in [0, 0.05) is 43.6 Å². The number of nitrogens with zero attached hydrogens (tertiary/aromatic N) is 2. The maximum absolute atomic E-state index is 5.91. The summed E-state index contributed by atoms with van der Waals surface area (Å²) in [6, 6.07) is 9.15. The Morgan fingerprint density at radius 3 is 2.57 bits per heavy atom. The molecule has 1 aromatic carbocycles. The second-order valence-electron chi connectivity index (χ2n) is 6.64. The summed E-state index contributed by atoms with van der Waals surface area (Å²) in [6.45, 7) is 7.05. The first-order valence-corrected chi connectivity index (χ1v) is 8.62. The second-order valence-corrected chi connectivity index (χ2v) is 6.64. The molecule has 2 N–H and O–H groups in total. The van der Waals surface area contributed by atoms with E-state index >= 15 is 0 Å². The minimum atomic E-state index is 0.840. The highest BCUT2D eigenvalue weighted by Crippen LogP contribution is 2.31. The van der Waals surface area contributed by atoms with E-state index in [1.807, 2.05) is 6.07 Å². The van der Waals surface area contributed by atoms with Crippen LogP contribution in [0.4, 0.5) is 11.4 Å². The van der Waals surface area contributed by atoms with Crippen molar-refractivity contribution in [3.63, 3.8) is 0 Å². The van der Waals surface area contributed by atoms with E-state index in [1.165, 1.54) is 50.9 Å². The van der Waals surface area contributed by atoms with Crippen LogP contribution in [0.15, 0.2) is 24.3 Å². The van der Waals surface area contributed by atoms with Gasteiger partial charge in [-0.3, -0.25) is 4.90 Å². The quantitative estimate of drug-likeness (QED) is 0.865. The summed E-state index contributed by atoms with van der Waals surface area (Å²) in [7, 11) is 0. The molecule has 3 heteroatoms. The molecular formula is C18H29N3. The van der Waals surface area contributed by atoms with Crippen LogP contribution >= 0.6 is 0 Å². The van der Waals surface area contributed by atoms with E-state index in [-0.39, 0.29) is 0 Å². The first-order valence-electron chi connectivity index (χ1n) is 8.62. The van der Waals surface area contributed by atoms with Gasteiger partial charge in [0.1, 0.15) is 0 Å². The zero-order valence-electron chi connectivity index (χ0n) is 13.3. The van der Waals surface area contributed by atoms with Gasteiger partial charge in [0.2, 0.25) is 0 Å². The Kier molecular flexibility index (Phi) is 4.69. The fraction of sp³-hybridized carbons (Fsp3) is 0.667. The number of nitrogen functional groups attached to an aromatic ring is 1. The molecule has 2 unspecified atom stereocenters. The SMILES string of the molecule is CCC1CCCCC1N1CCN(c2cccc(N)c2)CC1. The minimum absolute atomic E-state index is 0.840. The van der Waals surface area contributed by atoms with E-state index in [9.17, 15) is 0 Å². The predicted molar refractivity (Wildman–Crippen MR) is 90.7 cm³/mol. The molecule has 116 valence electrons. The summed E-state index contributed by atoms with van der Waals surface area (Å²) in [5.41, 5.74) is 8.06. The van der Waals surface area contributed by atoms with Gasteiger partial charge in [-0.05, 0) is 37.0 Å². The lowest BCUT2D eigenvalue weighted by Gasteiger charge is -2.44. The average Bonchev–Trinajstić information content (AvgIpc) is 2.55. The van der Waals surface area contributed by atoms with Crippen LogP contribution in [0.3, 0.4) is 0 Å². The van der Waals surface area contributed by atoms with Gasteiger partial charge in [-0.15, -0.1) is 0 Å². The maximum atomic E-state index is 5.91. The normalized spacial score (nSPS) is 27.8. The number of hydrogen-bond donors (Lipinski definition) is 1. The summed E-state index contributed by atoms with van der Waals surface area (Å²) in [5, 5.41) is 0. The number of benzene rings is 1. The van der Waals surface area contributed by atoms with Gasteiger partial charge >= 0.3 is 0 Å². The van der Waals surface area contributed by atoms with Crippen molar-refractivity contribution in [2.75, 3.05) is 36.8 Å². The molecule has 0 amide bonds. The van der Waals surface area contributed by atoms with E-state index in [0.717, 1.165) is 30.7 Å². The van der Waals surface area contributed by atoms with Gasteiger partial charge in [0.05, 0.1) is 0 Å². The van der Waals surface area contributed by atoms with Crippen molar-refractivity contribution in [1.29, 1.82) is 0 Å². The van der Waals surface area contributed by atoms with Gasteiger partial charge < -0.3 is 10.6 Å². The smallest absolute Gasteiger partial charge is 0.0387 e. The first-order chi connectivity index (χ1) is 10.3. The summed E-state index contributed by atoms with van der Waals surface area (Å²) in [5.74, 6) is 0.928. The van der Waals surface area contributed by atoms with Crippen molar-refractivity contribution in [3.05, 3.63) is 24.3 Å². The molecule has 1 aliphatic carbocycles. The molecule has 1 heterocycles. The monoisotopic (exact) mass is 287 g/mol. The second kappa shape index (κ2) is 6.69. The predicted octanol–water partition coefficient (Wildman–Crippen LogP) is 3.36. The van der Waals surface area contributed by atoms with E-state index in [0.29, 0.717) is 0 Å². The third-order valence-corrected chi connectivity index (χ3v) is 5.41. The summed E-state index contributed by atoms with van der Waals surface area (Å²) in [4.78, 5) is 5.24. The number of rotatable bonds is 3. The Hall–Kier alpha value is -1.22. The van der Waals surface area contributed by atoms with Crippen LogP contribution in [-0.2, 0) is 0 Å². The average molecular weight is 287 g/mol. The summed E-state index contributed by atoms with van der Waals surface area (Å²) < 4.78 is 0. The highest BCUT2D eigenvalue weighted by atomic mass is 15.3. The zero-order valence-corrected chi connectivity index (χ0v) is 13.3. The van der Waals surface area contributed by atoms with Crippen LogP contribution in [0.1, 0.15) is 39.0 Å². The molecule has 1 saturated heterocycles. The van der Waals surface area contributed by atoms with E-state index in [2.05, 4.69) is 34.9 Å². The molecule has 3 nitrogen and oxygen atoms in total. The topological polar surface area (TPSA) is 32.5 Å². The standard InChI is InChI=1S/C18H29N3/c1-2-15-6-3-4-9-18(15)21-12-10-20(11-13-21)17-8-5-7-16(19)14-17/h5,7-8,14-15,18H,2-4,6,9-13,19H2,1H3. The molecule has 2 fully saturated rings. The molecule has 2 aliphatic rings. The molecule has 1 aromatic rings. The number of anilines is 2. The summed E-state index contributed by atoms with van der Waals surface area (Å²) in [6.07, 6.45) is 7.07. The Morgan fingerprint density at radius 1 is 1.10 bits per heavy atom. The molecule has 1 aliphatic heterocycles. The number of nitrogens with two attached hydrogens (primary N) is 1. The highest BCUT2D eigenvalue weighted by Gasteiger charge is 2.30. The Labute approximate surface area is 129 Å². The van der Waals surface area contributed by atoms with Crippen LogP contribution in [0.2, 0.25) is 0 Å². The molecule has 0 spiro atoms. The van der Waals surface area contributed by atoms with E-state index in [4.69, 9.17) is 5.73 Å². The highest BCUT2D eigenvalue weighted by molar-refractivity contribution is 5.56. The lowest BCUT2D eigenvalue weighted by atomic mass is 9.81. The van der Waals surface area contributed by atoms with Crippen LogP contribution in [0, 0.1) is 5.92 Å². The van der Waals surface area contributed by atoms with Crippen molar-refractivity contribution in [2.45, 2.75) is 45.1 Å². The maximum Gasteiger partial charge on any atom is 0.0387 e. The Morgan fingerprint density at radius 2 is 1.86 bits per heavy atom. The van der Waals surface area contributed by atoms with Crippen LogP contribution in [0.25, 0.3) is 0 Å². The van der Waals surface area contributed by atoms with Crippen molar-refractivity contribution >= 4 is 11.4 Å². The van der Waals surface area contributed by atoms with Gasteiger partial charge in [-0.1, -0.05) is 32.3 Å². The lowest BCUT2D eigenvalue weighted by Crippen LogP contribution is -2.53. The van der Waals surface area contributed by atoms with Crippen molar-refractivity contribution in [3.8, 4) is 0 Å². The van der Waals surface area contributed by atoms with E-state index < -0.39 is 0 Å². The molecule has 2 atom stereocenters. The van der Waals surface area contributed by atoms with Crippen LogP contribution in [-0.4, -0.2) is 37.1 Å². The van der Waals surface area contributed by atoms with Crippen LogP contribution in [0.5, 0.6) is 0 Å². The molecule has 0 aromatic heterocycles. The Bertz CT molecular complexity index is 452. The molecular weight excluding hydrogens is 258 g/mol. The third-order valence-electron chi connectivity index (χ3n) is 5.41. The van der Waals surface area contributed by atoms with E-state index in [1.54, 1.807) is 0 Å². The third kappa shape index (κ3) is 3.34. The molecule has 1 saturated carbocycles. The van der Waals surface area contributed by atoms with Gasteiger partial charge in [0.25, 0.3) is 0 Å². The first kappa shape index (κ1) is 14.7. The fourth-order valence-electron chi connectivity index (χ4n) is 4.18. The van der Waals surface area contributed by atoms with Crippen molar-refractivity contribution in [1.82, 2.24) is 4.90 Å². The lowest BCUT2D eigenvalue weighted by molar-refractivity contribution is 0.0952. The fourth-order valence-corrected chi connectivity index (χ4v) is 4.18. The molecule has 0 radical (unpaired) electrons. The number of piperazine rings is 1. The minimum Gasteiger partial charge on any atom is -0.399 e. The van der Waals surface area contributed by atoms with Crippen molar-refractivity contribution in [2.24, 2.45) is 5.92 Å². The van der Waals surface area contributed by atoms with Crippen LogP contribution < -0.4 is 10.6 Å². The van der Waals surface area contributed by atoms with Crippen molar-refractivity contribution < 1.29 is 0 Å². The molecule has 21 heavy (non-hydrogen) atoms. The van der Waals surface area contributed by atoms with Gasteiger partial charge in [-0.25, -0.2) is 0 Å². The summed E-state index contributed by atoms with van der Waals surface area (Å²) >= 11 is 0.